The maximum absolute atomic E-state index is 11.1. The number of benzene rings is 2. The van der Waals surface area contributed by atoms with Crippen LogP contribution in [0.2, 0.25) is 0 Å². The number of carbonyl (C=O) groups is 1. The van der Waals surface area contributed by atoms with Gasteiger partial charge in [-0.25, -0.2) is 0 Å². The number of anilines is 1. The summed E-state index contributed by atoms with van der Waals surface area (Å²) in [5, 5.41) is 6.25. The van der Waals surface area contributed by atoms with Crippen LogP contribution in [0.4, 0.5) is 5.69 Å². The number of amides is 1. The summed E-state index contributed by atoms with van der Waals surface area (Å²) in [5.74, 6) is 1.62. The zero-order valence-electron chi connectivity index (χ0n) is 16.8. The van der Waals surface area contributed by atoms with Crippen molar-refractivity contribution in [3.63, 3.8) is 0 Å². The van der Waals surface area contributed by atoms with Gasteiger partial charge in [0.05, 0.1) is 13.2 Å². The molecule has 0 aliphatic heterocycles. The van der Waals surface area contributed by atoms with Gasteiger partial charge in [0, 0.05) is 19.2 Å². The van der Waals surface area contributed by atoms with Crippen molar-refractivity contribution < 1.29 is 14.3 Å². The first-order valence-electron chi connectivity index (χ1n) is 10.0. The molecule has 1 amide bonds. The van der Waals surface area contributed by atoms with E-state index in [2.05, 4.69) is 22.8 Å². The summed E-state index contributed by atoms with van der Waals surface area (Å²) in [7, 11) is 1.69. The van der Waals surface area contributed by atoms with Gasteiger partial charge in [-0.15, -0.1) is 0 Å². The van der Waals surface area contributed by atoms with Gasteiger partial charge >= 0.3 is 0 Å². The Hall–Kier alpha value is -2.53. The summed E-state index contributed by atoms with van der Waals surface area (Å²) in [6.07, 6.45) is 6.02. The van der Waals surface area contributed by atoms with E-state index >= 15 is 0 Å². The Balaban J connectivity index is 1.48. The van der Waals surface area contributed by atoms with Gasteiger partial charge in [-0.1, -0.05) is 18.2 Å². The second-order valence-corrected chi connectivity index (χ2v) is 7.31. The Kier molecular flexibility index (Phi) is 7.31. The number of hydrogen-bond donors (Lipinski definition) is 2. The van der Waals surface area contributed by atoms with Crippen LogP contribution < -0.4 is 20.1 Å². The first-order valence-corrected chi connectivity index (χ1v) is 10.0. The highest BCUT2D eigenvalue weighted by molar-refractivity contribution is 5.88. The predicted molar refractivity (Wildman–Crippen MR) is 112 cm³/mol. The van der Waals surface area contributed by atoms with Crippen molar-refractivity contribution in [2.24, 2.45) is 0 Å². The van der Waals surface area contributed by atoms with Crippen LogP contribution in [0.1, 0.15) is 43.7 Å². The summed E-state index contributed by atoms with van der Waals surface area (Å²) in [6, 6.07) is 14.1. The fraction of sp³-hybridized carbons (Fsp3) is 0.435. The molecular formula is C23H30N2O3. The highest BCUT2D eigenvalue weighted by Crippen LogP contribution is 2.32. The van der Waals surface area contributed by atoms with Gasteiger partial charge in [-0.05, 0) is 74.0 Å². The van der Waals surface area contributed by atoms with E-state index in [4.69, 9.17) is 9.47 Å². The number of nitrogens with one attached hydrogen (secondary N) is 2. The maximum Gasteiger partial charge on any atom is 0.221 e. The third-order valence-corrected chi connectivity index (χ3v) is 5.02. The molecule has 3 rings (SSSR count). The van der Waals surface area contributed by atoms with Gasteiger partial charge in [-0.2, -0.15) is 0 Å². The van der Waals surface area contributed by atoms with Crippen LogP contribution in [0.15, 0.2) is 42.5 Å². The molecule has 2 aromatic carbocycles. The zero-order chi connectivity index (χ0) is 19.8. The lowest BCUT2D eigenvalue weighted by atomic mass is 10.1. The van der Waals surface area contributed by atoms with E-state index in [9.17, 15) is 4.79 Å². The van der Waals surface area contributed by atoms with Crippen molar-refractivity contribution in [2.45, 2.75) is 51.7 Å². The van der Waals surface area contributed by atoms with E-state index in [1.54, 1.807) is 7.11 Å². The number of ether oxygens (including phenoxy) is 2. The van der Waals surface area contributed by atoms with E-state index in [1.807, 2.05) is 30.3 Å². The van der Waals surface area contributed by atoms with E-state index in [1.165, 1.54) is 30.9 Å². The van der Waals surface area contributed by atoms with Crippen LogP contribution >= 0.6 is 0 Å². The second-order valence-electron chi connectivity index (χ2n) is 7.31. The Morgan fingerprint density at radius 1 is 1.04 bits per heavy atom. The van der Waals surface area contributed by atoms with E-state index in [0.29, 0.717) is 6.10 Å². The molecule has 0 aromatic heterocycles. The largest absolute Gasteiger partial charge is 0.493 e. The van der Waals surface area contributed by atoms with Crippen LogP contribution in [0.25, 0.3) is 0 Å². The molecule has 2 aromatic rings. The molecule has 2 N–H and O–H groups in total. The van der Waals surface area contributed by atoms with Crippen LogP contribution in [0.3, 0.4) is 0 Å². The fourth-order valence-corrected chi connectivity index (χ4v) is 3.53. The van der Waals surface area contributed by atoms with E-state index < -0.39 is 0 Å². The van der Waals surface area contributed by atoms with Crippen LogP contribution in [-0.2, 0) is 17.8 Å². The lowest BCUT2D eigenvalue weighted by molar-refractivity contribution is -0.114. The molecule has 0 atom stereocenters. The van der Waals surface area contributed by atoms with Crippen molar-refractivity contribution in [1.29, 1.82) is 0 Å². The highest BCUT2D eigenvalue weighted by atomic mass is 16.5. The Morgan fingerprint density at radius 2 is 1.75 bits per heavy atom. The number of rotatable bonds is 9. The number of hydrogen-bond acceptors (Lipinski definition) is 4. The minimum absolute atomic E-state index is 0.0540. The summed E-state index contributed by atoms with van der Waals surface area (Å²) in [5.41, 5.74) is 3.25. The average molecular weight is 383 g/mol. The van der Waals surface area contributed by atoms with Crippen molar-refractivity contribution in [3.05, 3.63) is 53.6 Å². The second kappa shape index (κ2) is 10.1. The fourth-order valence-electron chi connectivity index (χ4n) is 3.53. The molecule has 5 nitrogen and oxygen atoms in total. The molecule has 1 aliphatic carbocycles. The van der Waals surface area contributed by atoms with Crippen molar-refractivity contribution >= 4 is 11.6 Å². The van der Waals surface area contributed by atoms with E-state index in [0.717, 1.165) is 49.5 Å². The maximum atomic E-state index is 11.1. The molecule has 0 radical (unpaired) electrons. The Morgan fingerprint density at radius 3 is 2.43 bits per heavy atom. The lowest BCUT2D eigenvalue weighted by Crippen LogP contribution is -2.17. The molecule has 0 unspecified atom stereocenters. The van der Waals surface area contributed by atoms with Crippen molar-refractivity contribution in [3.8, 4) is 11.5 Å². The smallest absolute Gasteiger partial charge is 0.221 e. The summed E-state index contributed by atoms with van der Waals surface area (Å²) in [4.78, 5) is 11.1. The van der Waals surface area contributed by atoms with E-state index in [-0.39, 0.29) is 5.91 Å². The average Bonchev–Trinajstić information content (AvgIpc) is 3.19. The molecular weight excluding hydrogens is 352 g/mol. The molecule has 0 heterocycles. The minimum atomic E-state index is -0.0540. The first-order chi connectivity index (χ1) is 13.6. The SMILES string of the molecule is COc1ccc(CCNCc2ccc(NC(C)=O)cc2)cc1OC1CCCC1. The van der Waals surface area contributed by atoms with Crippen LogP contribution in [0, 0.1) is 0 Å². The normalized spacial score (nSPS) is 14.1. The quantitative estimate of drug-likeness (QED) is 0.635. The molecule has 5 heteroatoms. The third-order valence-electron chi connectivity index (χ3n) is 5.02. The molecule has 0 saturated heterocycles. The van der Waals surface area contributed by atoms with Crippen LogP contribution in [0.5, 0.6) is 11.5 Å². The predicted octanol–water partition coefficient (Wildman–Crippen LogP) is 4.31. The van der Waals surface area contributed by atoms with Gasteiger partial charge in [0.25, 0.3) is 0 Å². The molecule has 0 bridgehead atoms. The van der Waals surface area contributed by atoms with Crippen molar-refractivity contribution in [2.75, 3.05) is 19.0 Å². The molecule has 150 valence electrons. The number of methoxy groups -OCH3 is 1. The Bertz CT molecular complexity index is 768. The van der Waals surface area contributed by atoms with Gasteiger partial charge in [0.15, 0.2) is 11.5 Å². The third kappa shape index (κ3) is 5.99. The summed E-state index contributed by atoms with van der Waals surface area (Å²) < 4.78 is 11.6. The van der Waals surface area contributed by atoms with Gasteiger partial charge in [0.2, 0.25) is 5.91 Å². The molecule has 1 aliphatic rings. The zero-order valence-corrected chi connectivity index (χ0v) is 16.8. The topological polar surface area (TPSA) is 59.6 Å². The molecule has 1 saturated carbocycles. The van der Waals surface area contributed by atoms with Crippen LogP contribution in [-0.4, -0.2) is 25.7 Å². The number of carbonyl (C=O) groups excluding carboxylic acids is 1. The first kappa shape index (κ1) is 20.2. The van der Waals surface area contributed by atoms with Gasteiger partial charge in [-0.3, -0.25) is 4.79 Å². The van der Waals surface area contributed by atoms with Gasteiger partial charge in [0.1, 0.15) is 0 Å². The standard InChI is InChI=1S/C23H30N2O3/c1-17(26)25-20-10-7-19(8-11-20)16-24-14-13-18-9-12-22(27-2)23(15-18)28-21-5-3-4-6-21/h7-12,15,21,24H,3-6,13-14,16H2,1-2H3,(H,25,26). The van der Waals surface area contributed by atoms with Gasteiger partial charge < -0.3 is 20.1 Å². The minimum Gasteiger partial charge on any atom is -0.493 e. The Labute approximate surface area is 167 Å². The summed E-state index contributed by atoms with van der Waals surface area (Å²) in [6.45, 7) is 3.18. The molecule has 1 fully saturated rings. The molecule has 0 spiro atoms. The van der Waals surface area contributed by atoms with Crippen molar-refractivity contribution in [1.82, 2.24) is 5.32 Å². The summed E-state index contributed by atoms with van der Waals surface area (Å²) >= 11 is 0. The highest BCUT2D eigenvalue weighted by Gasteiger charge is 2.18. The lowest BCUT2D eigenvalue weighted by Gasteiger charge is -2.17. The molecule has 28 heavy (non-hydrogen) atoms. The monoisotopic (exact) mass is 382 g/mol.